The van der Waals surface area contributed by atoms with E-state index in [4.69, 9.17) is 17.1 Å². The van der Waals surface area contributed by atoms with E-state index in [1.54, 1.807) is 0 Å². The molecule has 3 aromatic carbocycles. The second kappa shape index (κ2) is 6.54. The van der Waals surface area contributed by atoms with Crippen molar-refractivity contribution in [2.24, 2.45) is 5.11 Å². The maximum Gasteiger partial charge on any atom is 0.121 e. The van der Waals surface area contributed by atoms with Gasteiger partial charge in [0.15, 0.2) is 0 Å². The van der Waals surface area contributed by atoms with Gasteiger partial charge in [0.25, 0.3) is 0 Å². The van der Waals surface area contributed by atoms with Gasteiger partial charge in [-0.3, -0.25) is 0 Å². The summed E-state index contributed by atoms with van der Waals surface area (Å²) < 4.78 is 0. The Balaban J connectivity index is 2.11. The molecule has 0 aliphatic rings. The first-order chi connectivity index (χ1) is 10.8. The van der Waals surface area contributed by atoms with E-state index in [1.165, 1.54) is 0 Å². The molecule has 0 aliphatic carbocycles. The third-order valence-electron chi connectivity index (χ3n) is 3.66. The predicted molar refractivity (Wildman–Crippen MR) is 90.3 cm³/mol. The van der Waals surface area contributed by atoms with Gasteiger partial charge >= 0.3 is 0 Å². The van der Waals surface area contributed by atoms with Gasteiger partial charge in [-0.2, -0.15) is 5.11 Å². The van der Waals surface area contributed by atoms with Crippen LogP contribution in [0.2, 0.25) is 5.02 Å². The Morgan fingerprint density at radius 3 is 2.09 bits per heavy atom. The highest BCUT2D eigenvalue weighted by molar-refractivity contribution is 6.30. The quantitative estimate of drug-likeness (QED) is 0.563. The van der Waals surface area contributed by atoms with Gasteiger partial charge in [0.2, 0.25) is 0 Å². The monoisotopic (exact) mass is 306 g/mol. The Labute approximate surface area is 134 Å². The van der Waals surface area contributed by atoms with Crippen molar-refractivity contribution in [2.45, 2.75) is 6.04 Å². The number of hydrogen-bond donors (Lipinski definition) is 1. The molecule has 0 spiro atoms. The Bertz CT molecular complexity index is 767. The minimum absolute atomic E-state index is 0.298. The number of rotatable bonds is 4. The van der Waals surface area contributed by atoms with E-state index in [-0.39, 0.29) is 6.04 Å². The zero-order valence-electron chi connectivity index (χ0n) is 11.9. The minimum atomic E-state index is -0.298. The fourth-order valence-corrected chi connectivity index (χ4v) is 2.71. The van der Waals surface area contributed by atoms with Crippen LogP contribution in [0, 0.1) is 5.53 Å². The van der Waals surface area contributed by atoms with Gasteiger partial charge < -0.3 is 0 Å². The normalized spacial score (nSPS) is 11.9. The SMILES string of the molecule is N=NC(c1ccccc1)c1ccccc1-c1ccc(Cl)cc1. The van der Waals surface area contributed by atoms with Gasteiger partial charge in [0.05, 0.1) is 0 Å². The van der Waals surface area contributed by atoms with E-state index >= 15 is 0 Å². The predicted octanol–water partition coefficient (Wildman–Crippen LogP) is 6.13. The topological polar surface area (TPSA) is 36.2 Å². The lowest BCUT2D eigenvalue weighted by Crippen LogP contribution is -1.99. The smallest absolute Gasteiger partial charge is 0.121 e. The first-order valence-electron chi connectivity index (χ1n) is 7.06. The van der Waals surface area contributed by atoms with Crippen LogP contribution in [0.4, 0.5) is 0 Å². The first kappa shape index (κ1) is 14.5. The van der Waals surface area contributed by atoms with E-state index in [9.17, 15) is 0 Å². The van der Waals surface area contributed by atoms with Crippen LogP contribution >= 0.6 is 11.6 Å². The molecule has 2 nitrogen and oxygen atoms in total. The van der Waals surface area contributed by atoms with Crippen molar-refractivity contribution in [2.75, 3.05) is 0 Å². The largest absolute Gasteiger partial charge is 0.209 e. The lowest BCUT2D eigenvalue weighted by Gasteiger charge is -2.16. The molecule has 0 radical (unpaired) electrons. The van der Waals surface area contributed by atoms with E-state index in [0.717, 1.165) is 22.3 Å². The van der Waals surface area contributed by atoms with Gasteiger partial charge in [-0.15, -0.1) is 0 Å². The highest BCUT2D eigenvalue weighted by Crippen LogP contribution is 2.34. The summed E-state index contributed by atoms with van der Waals surface area (Å²) in [5.74, 6) is 0. The molecule has 0 saturated carbocycles. The van der Waals surface area contributed by atoms with Crippen molar-refractivity contribution in [3.05, 3.63) is 95.0 Å². The van der Waals surface area contributed by atoms with Gasteiger partial charge in [-0.1, -0.05) is 78.3 Å². The maximum atomic E-state index is 7.63. The van der Waals surface area contributed by atoms with Crippen LogP contribution in [-0.4, -0.2) is 0 Å². The summed E-state index contributed by atoms with van der Waals surface area (Å²) >= 11 is 5.98. The number of halogens is 1. The molecule has 108 valence electrons. The van der Waals surface area contributed by atoms with Crippen LogP contribution in [0.1, 0.15) is 17.2 Å². The zero-order chi connectivity index (χ0) is 15.4. The van der Waals surface area contributed by atoms with Crippen molar-refractivity contribution in [3.63, 3.8) is 0 Å². The van der Waals surface area contributed by atoms with Gasteiger partial charge in [-0.05, 0) is 34.4 Å². The highest BCUT2D eigenvalue weighted by Gasteiger charge is 2.17. The summed E-state index contributed by atoms with van der Waals surface area (Å²) in [7, 11) is 0. The Morgan fingerprint density at radius 2 is 1.41 bits per heavy atom. The Morgan fingerprint density at radius 1 is 0.773 bits per heavy atom. The molecule has 0 bridgehead atoms. The summed E-state index contributed by atoms with van der Waals surface area (Å²) in [6.45, 7) is 0. The molecule has 22 heavy (non-hydrogen) atoms. The molecule has 0 fully saturated rings. The Kier molecular flexibility index (Phi) is 4.31. The molecule has 0 heterocycles. The lowest BCUT2D eigenvalue weighted by atomic mass is 9.91. The molecule has 1 unspecified atom stereocenters. The number of nitrogens with zero attached hydrogens (tertiary/aromatic N) is 1. The molecule has 0 amide bonds. The van der Waals surface area contributed by atoms with Crippen molar-refractivity contribution < 1.29 is 0 Å². The summed E-state index contributed by atoms with van der Waals surface area (Å²) in [6, 6.07) is 25.4. The lowest BCUT2D eigenvalue weighted by molar-refractivity contribution is 0.777. The summed E-state index contributed by atoms with van der Waals surface area (Å²) in [6.07, 6.45) is 0. The molecule has 3 aromatic rings. The zero-order valence-corrected chi connectivity index (χ0v) is 12.7. The van der Waals surface area contributed by atoms with E-state index in [0.29, 0.717) is 5.02 Å². The van der Waals surface area contributed by atoms with Gasteiger partial charge in [0.1, 0.15) is 6.04 Å². The molecule has 3 rings (SSSR count). The molecular formula is C19H15ClN2. The first-order valence-corrected chi connectivity index (χ1v) is 7.44. The Hall–Kier alpha value is -2.45. The maximum absolute atomic E-state index is 7.63. The van der Waals surface area contributed by atoms with Gasteiger partial charge in [-0.25, -0.2) is 5.53 Å². The molecule has 3 heteroatoms. The molecule has 1 atom stereocenters. The van der Waals surface area contributed by atoms with Crippen LogP contribution < -0.4 is 0 Å². The molecule has 0 saturated heterocycles. The summed E-state index contributed by atoms with van der Waals surface area (Å²) in [5.41, 5.74) is 11.8. The van der Waals surface area contributed by atoms with E-state index < -0.39 is 0 Å². The minimum Gasteiger partial charge on any atom is -0.209 e. The fourth-order valence-electron chi connectivity index (χ4n) is 2.59. The van der Waals surface area contributed by atoms with Crippen LogP contribution in [0.25, 0.3) is 11.1 Å². The third-order valence-corrected chi connectivity index (χ3v) is 3.91. The second-order valence-corrected chi connectivity index (χ2v) is 5.47. The van der Waals surface area contributed by atoms with E-state index in [2.05, 4.69) is 11.2 Å². The number of benzene rings is 3. The molecule has 1 N–H and O–H groups in total. The molecule has 0 aliphatic heterocycles. The van der Waals surface area contributed by atoms with Crippen molar-refractivity contribution in [1.82, 2.24) is 0 Å². The van der Waals surface area contributed by atoms with Crippen LogP contribution in [0.5, 0.6) is 0 Å². The second-order valence-electron chi connectivity index (χ2n) is 5.04. The molecular weight excluding hydrogens is 292 g/mol. The fraction of sp³-hybridized carbons (Fsp3) is 0.0526. The van der Waals surface area contributed by atoms with E-state index in [1.807, 2.05) is 72.8 Å². The van der Waals surface area contributed by atoms with Crippen LogP contribution in [0.15, 0.2) is 84.0 Å². The molecule has 0 aromatic heterocycles. The highest BCUT2D eigenvalue weighted by atomic mass is 35.5. The average Bonchev–Trinajstić information content (AvgIpc) is 2.58. The van der Waals surface area contributed by atoms with Crippen molar-refractivity contribution in [3.8, 4) is 11.1 Å². The number of hydrogen-bond acceptors (Lipinski definition) is 2. The summed E-state index contributed by atoms with van der Waals surface area (Å²) in [5, 5.41) is 4.57. The third kappa shape index (κ3) is 2.92. The van der Waals surface area contributed by atoms with Crippen molar-refractivity contribution >= 4 is 11.6 Å². The summed E-state index contributed by atoms with van der Waals surface area (Å²) in [4.78, 5) is 0. The number of nitrogens with one attached hydrogen (secondary N) is 1. The van der Waals surface area contributed by atoms with Crippen LogP contribution in [-0.2, 0) is 0 Å². The van der Waals surface area contributed by atoms with Crippen LogP contribution in [0.3, 0.4) is 0 Å². The van der Waals surface area contributed by atoms with Gasteiger partial charge in [0, 0.05) is 5.02 Å². The standard InChI is InChI=1S/C19H15ClN2/c20-16-12-10-14(11-13-16)17-8-4-5-9-18(17)19(22-21)15-6-2-1-3-7-15/h1-13,19,21H. The average molecular weight is 307 g/mol. The van der Waals surface area contributed by atoms with Crippen molar-refractivity contribution in [1.29, 1.82) is 5.53 Å².